The van der Waals surface area contributed by atoms with Gasteiger partial charge >= 0.3 is 0 Å². The van der Waals surface area contributed by atoms with Crippen LogP contribution in [0.3, 0.4) is 0 Å². The Morgan fingerprint density at radius 3 is 2.94 bits per heavy atom. The SMILES string of the molecule is CC1=CC(C)CC(CNCCc2noc(C)n2)C1. The molecule has 0 aromatic carbocycles. The van der Waals surface area contributed by atoms with Gasteiger partial charge < -0.3 is 9.84 Å². The number of hydrogen-bond donors (Lipinski definition) is 1. The molecule has 1 aromatic heterocycles. The molecule has 100 valence electrons. The van der Waals surface area contributed by atoms with E-state index in [1.165, 1.54) is 18.4 Å². The predicted octanol–water partition coefficient (Wildman–Crippen LogP) is 2.50. The van der Waals surface area contributed by atoms with Crippen molar-refractivity contribution in [2.75, 3.05) is 13.1 Å². The molecule has 1 N–H and O–H groups in total. The van der Waals surface area contributed by atoms with Crippen LogP contribution in [-0.2, 0) is 6.42 Å². The van der Waals surface area contributed by atoms with Gasteiger partial charge in [-0.25, -0.2) is 0 Å². The van der Waals surface area contributed by atoms with E-state index in [0.29, 0.717) is 5.89 Å². The second kappa shape index (κ2) is 6.14. The van der Waals surface area contributed by atoms with Gasteiger partial charge in [-0.15, -0.1) is 0 Å². The minimum atomic E-state index is 0.645. The molecule has 0 radical (unpaired) electrons. The fraction of sp³-hybridized carbons (Fsp3) is 0.714. The Balaban J connectivity index is 1.65. The molecule has 4 heteroatoms. The van der Waals surface area contributed by atoms with Crippen molar-refractivity contribution in [3.05, 3.63) is 23.4 Å². The Kier molecular flexibility index (Phi) is 4.53. The van der Waals surface area contributed by atoms with E-state index in [0.717, 1.165) is 37.2 Å². The number of aromatic nitrogens is 2. The molecule has 1 aromatic rings. The van der Waals surface area contributed by atoms with Crippen LogP contribution >= 0.6 is 0 Å². The lowest BCUT2D eigenvalue weighted by Gasteiger charge is -2.25. The molecule has 0 spiro atoms. The molecule has 0 saturated carbocycles. The van der Waals surface area contributed by atoms with E-state index < -0.39 is 0 Å². The van der Waals surface area contributed by atoms with Gasteiger partial charge in [-0.2, -0.15) is 4.98 Å². The Morgan fingerprint density at radius 1 is 1.44 bits per heavy atom. The van der Waals surface area contributed by atoms with Gasteiger partial charge in [0, 0.05) is 19.9 Å². The lowest BCUT2D eigenvalue weighted by atomic mass is 9.84. The first kappa shape index (κ1) is 13.3. The van der Waals surface area contributed by atoms with E-state index >= 15 is 0 Å². The van der Waals surface area contributed by atoms with Gasteiger partial charge in [0.05, 0.1) is 0 Å². The van der Waals surface area contributed by atoms with Crippen LogP contribution in [0.5, 0.6) is 0 Å². The molecule has 1 heterocycles. The number of nitrogens with zero attached hydrogens (tertiary/aromatic N) is 2. The van der Waals surface area contributed by atoms with Crippen LogP contribution in [0.1, 0.15) is 38.4 Å². The zero-order valence-electron chi connectivity index (χ0n) is 11.6. The summed E-state index contributed by atoms with van der Waals surface area (Å²) < 4.78 is 4.94. The largest absolute Gasteiger partial charge is 0.340 e. The second-order valence-corrected chi connectivity index (χ2v) is 5.48. The Bertz CT molecular complexity index is 411. The molecule has 2 atom stereocenters. The van der Waals surface area contributed by atoms with Gasteiger partial charge in [-0.05, 0) is 38.1 Å². The zero-order chi connectivity index (χ0) is 13.0. The fourth-order valence-electron chi connectivity index (χ4n) is 2.79. The normalized spacial score (nSPS) is 24.1. The molecule has 2 rings (SSSR count). The van der Waals surface area contributed by atoms with E-state index in [2.05, 4.69) is 35.4 Å². The van der Waals surface area contributed by atoms with Crippen LogP contribution in [0.2, 0.25) is 0 Å². The molecule has 0 aliphatic heterocycles. The van der Waals surface area contributed by atoms with Crippen molar-refractivity contribution in [3.8, 4) is 0 Å². The van der Waals surface area contributed by atoms with Gasteiger partial charge in [0.15, 0.2) is 5.82 Å². The van der Waals surface area contributed by atoms with Crippen molar-refractivity contribution >= 4 is 0 Å². The maximum atomic E-state index is 4.94. The van der Waals surface area contributed by atoms with Gasteiger partial charge in [0.25, 0.3) is 0 Å². The molecule has 0 fully saturated rings. The number of hydrogen-bond acceptors (Lipinski definition) is 4. The van der Waals surface area contributed by atoms with Crippen molar-refractivity contribution in [2.24, 2.45) is 11.8 Å². The highest BCUT2D eigenvalue weighted by Crippen LogP contribution is 2.27. The van der Waals surface area contributed by atoms with E-state index in [4.69, 9.17) is 4.52 Å². The summed E-state index contributed by atoms with van der Waals surface area (Å²) in [4.78, 5) is 4.19. The summed E-state index contributed by atoms with van der Waals surface area (Å²) in [5.41, 5.74) is 1.54. The monoisotopic (exact) mass is 249 g/mol. The van der Waals surface area contributed by atoms with Gasteiger partial charge in [0.1, 0.15) is 0 Å². The van der Waals surface area contributed by atoms with Crippen molar-refractivity contribution in [1.29, 1.82) is 0 Å². The Labute approximate surface area is 109 Å². The number of nitrogens with one attached hydrogen (secondary N) is 1. The highest BCUT2D eigenvalue weighted by molar-refractivity contribution is 5.06. The molecule has 1 aliphatic carbocycles. The van der Waals surface area contributed by atoms with E-state index in [9.17, 15) is 0 Å². The molecule has 2 unspecified atom stereocenters. The average molecular weight is 249 g/mol. The number of rotatable bonds is 5. The predicted molar refractivity (Wildman–Crippen MR) is 71.3 cm³/mol. The van der Waals surface area contributed by atoms with Crippen molar-refractivity contribution in [1.82, 2.24) is 15.5 Å². The van der Waals surface area contributed by atoms with Crippen molar-refractivity contribution in [3.63, 3.8) is 0 Å². The molecule has 18 heavy (non-hydrogen) atoms. The maximum absolute atomic E-state index is 4.94. The smallest absolute Gasteiger partial charge is 0.223 e. The molecular formula is C14H23N3O. The first-order chi connectivity index (χ1) is 8.63. The fourth-order valence-corrected chi connectivity index (χ4v) is 2.79. The van der Waals surface area contributed by atoms with Crippen LogP contribution in [0, 0.1) is 18.8 Å². The minimum Gasteiger partial charge on any atom is -0.340 e. The third-order valence-corrected chi connectivity index (χ3v) is 3.41. The molecule has 0 saturated heterocycles. The highest BCUT2D eigenvalue weighted by Gasteiger charge is 2.17. The van der Waals surface area contributed by atoms with Crippen LogP contribution in [-0.4, -0.2) is 23.2 Å². The number of allylic oxidation sites excluding steroid dienone is 2. The topological polar surface area (TPSA) is 51.0 Å². The Morgan fingerprint density at radius 2 is 2.28 bits per heavy atom. The maximum Gasteiger partial charge on any atom is 0.223 e. The van der Waals surface area contributed by atoms with Crippen LogP contribution < -0.4 is 5.32 Å². The Hall–Kier alpha value is -1.16. The lowest BCUT2D eigenvalue weighted by Crippen LogP contribution is -2.27. The van der Waals surface area contributed by atoms with E-state index in [1.807, 2.05) is 6.92 Å². The summed E-state index contributed by atoms with van der Waals surface area (Å²) in [5, 5.41) is 7.39. The third kappa shape index (κ3) is 3.95. The first-order valence-corrected chi connectivity index (χ1v) is 6.80. The quantitative estimate of drug-likeness (QED) is 0.643. The summed E-state index contributed by atoms with van der Waals surface area (Å²) in [6.45, 7) is 8.38. The average Bonchev–Trinajstić information content (AvgIpc) is 2.69. The molecule has 4 nitrogen and oxygen atoms in total. The minimum absolute atomic E-state index is 0.645. The van der Waals surface area contributed by atoms with Crippen molar-refractivity contribution in [2.45, 2.75) is 40.0 Å². The van der Waals surface area contributed by atoms with Crippen LogP contribution in [0.25, 0.3) is 0 Å². The van der Waals surface area contributed by atoms with E-state index in [-0.39, 0.29) is 0 Å². The third-order valence-electron chi connectivity index (χ3n) is 3.41. The van der Waals surface area contributed by atoms with Crippen LogP contribution in [0.4, 0.5) is 0 Å². The summed E-state index contributed by atoms with van der Waals surface area (Å²) in [6.07, 6.45) is 5.78. The standard InChI is InChI=1S/C14H23N3O/c1-10-6-11(2)8-13(7-10)9-15-5-4-14-16-12(3)18-17-14/h6,10,13,15H,4-5,7-9H2,1-3H3. The first-order valence-electron chi connectivity index (χ1n) is 6.80. The van der Waals surface area contributed by atoms with Crippen LogP contribution in [0.15, 0.2) is 16.2 Å². The summed E-state index contributed by atoms with van der Waals surface area (Å²) in [6, 6.07) is 0. The zero-order valence-corrected chi connectivity index (χ0v) is 11.6. The van der Waals surface area contributed by atoms with Gasteiger partial charge in [0.2, 0.25) is 5.89 Å². The summed E-state index contributed by atoms with van der Waals surface area (Å²) in [5.74, 6) is 2.95. The van der Waals surface area contributed by atoms with Gasteiger partial charge in [-0.1, -0.05) is 23.7 Å². The summed E-state index contributed by atoms with van der Waals surface area (Å²) in [7, 11) is 0. The lowest BCUT2D eigenvalue weighted by molar-refractivity contribution is 0.377. The highest BCUT2D eigenvalue weighted by atomic mass is 16.5. The number of aryl methyl sites for hydroxylation is 1. The molecule has 0 amide bonds. The van der Waals surface area contributed by atoms with Gasteiger partial charge in [-0.3, -0.25) is 0 Å². The summed E-state index contributed by atoms with van der Waals surface area (Å²) >= 11 is 0. The van der Waals surface area contributed by atoms with Crippen molar-refractivity contribution < 1.29 is 4.52 Å². The molecule has 0 bridgehead atoms. The molecular weight excluding hydrogens is 226 g/mol. The second-order valence-electron chi connectivity index (χ2n) is 5.48. The molecule has 1 aliphatic rings. The van der Waals surface area contributed by atoms with E-state index in [1.54, 1.807) is 0 Å².